The average molecular weight is 230 g/mol. The van der Waals surface area contributed by atoms with Crippen molar-refractivity contribution in [3.63, 3.8) is 0 Å². The lowest BCUT2D eigenvalue weighted by Crippen LogP contribution is -2.17. The Morgan fingerprint density at radius 3 is 2.53 bits per heavy atom. The fourth-order valence-corrected chi connectivity index (χ4v) is 1.85. The van der Waals surface area contributed by atoms with Gasteiger partial charge in [-0.25, -0.2) is 0 Å². The van der Waals surface area contributed by atoms with Crippen LogP contribution in [0.1, 0.15) is 16.8 Å². The van der Waals surface area contributed by atoms with E-state index in [9.17, 15) is 0 Å². The Hall–Kier alpha value is -1.68. The third-order valence-corrected chi connectivity index (χ3v) is 2.98. The normalized spacial score (nSPS) is 11.1. The van der Waals surface area contributed by atoms with Crippen molar-refractivity contribution in [2.45, 2.75) is 20.0 Å². The molecular weight excluding hydrogens is 212 g/mol. The molecule has 0 spiro atoms. The van der Waals surface area contributed by atoms with Crippen LogP contribution in [0.3, 0.4) is 0 Å². The summed E-state index contributed by atoms with van der Waals surface area (Å²) in [6, 6.07) is 4.10. The molecule has 4 nitrogen and oxygen atoms in total. The van der Waals surface area contributed by atoms with Crippen molar-refractivity contribution < 1.29 is 0 Å². The number of hydrogen-bond acceptors (Lipinski definition) is 3. The van der Waals surface area contributed by atoms with Crippen LogP contribution < -0.4 is 0 Å². The third-order valence-electron chi connectivity index (χ3n) is 2.98. The number of hydrogen-bond donors (Lipinski definition) is 0. The van der Waals surface area contributed by atoms with Crippen molar-refractivity contribution >= 4 is 0 Å². The lowest BCUT2D eigenvalue weighted by molar-refractivity contribution is 0.318. The molecule has 0 bridgehead atoms. The SMILES string of the molecule is Cc1c(CN(C)Cc2ccncc2)cnn1C. The van der Waals surface area contributed by atoms with Gasteiger partial charge < -0.3 is 0 Å². The molecule has 0 aliphatic carbocycles. The lowest BCUT2D eigenvalue weighted by Gasteiger charge is -2.16. The molecule has 2 heterocycles. The van der Waals surface area contributed by atoms with Crippen LogP contribution >= 0.6 is 0 Å². The Morgan fingerprint density at radius 2 is 1.94 bits per heavy atom. The predicted octanol–water partition coefficient (Wildman–Crippen LogP) is 1.76. The summed E-state index contributed by atoms with van der Waals surface area (Å²) in [7, 11) is 4.09. The molecule has 2 aromatic rings. The van der Waals surface area contributed by atoms with Crippen LogP contribution in [0.5, 0.6) is 0 Å². The van der Waals surface area contributed by atoms with E-state index in [1.54, 1.807) is 0 Å². The number of aryl methyl sites for hydroxylation is 1. The maximum absolute atomic E-state index is 4.26. The molecule has 2 aromatic heterocycles. The number of pyridine rings is 1. The fourth-order valence-electron chi connectivity index (χ4n) is 1.85. The molecule has 0 aliphatic rings. The van der Waals surface area contributed by atoms with Crippen molar-refractivity contribution in [2.75, 3.05) is 7.05 Å². The molecule has 0 unspecified atom stereocenters. The molecule has 0 amide bonds. The van der Waals surface area contributed by atoms with E-state index in [2.05, 4.69) is 29.0 Å². The number of rotatable bonds is 4. The first kappa shape index (κ1) is 11.8. The Bertz CT molecular complexity index is 475. The highest BCUT2D eigenvalue weighted by Crippen LogP contribution is 2.10. The van der Waals surface area contributed by atoms with Crippen molar-refractivity contribution in [1.29, 1.82) is 0 Å². The molecule has 0 aliphatic heterocycles. The van der Waals surface area contributed by atoms with E-state index in [-0.39, 0.29) is 0 Å². The van der Waals surface area contributed by atoms with Gasteiger partial charge in [0.15, 0.2) is 0 Å². The molecule has 90 valence electrons. The molecule has 4 heteroatoms. The Kier molecular flexibility index (Phi) is 3.54. The van der Waals surface area contributed by atoms with E-state index < -0.39 is 0 Å². The maximum Gasteiger partial charge on any atom is 0.0537 e. The molecular formula is C13H18N4. The second kappa shape index (κ2) is 5.10. The highest BCUT2D eigenvalue weighted by molar-refractivity contribution is 5.16. The van der Waals surface area contributed by atoms with Crippen molar-refractivity contribution in [1.82, 2.24) is 19.7 Å². The summed E-state index contributed by atoms with van der Waals surface area (Å²) in [6.07, 6.45) is 5.61. The molecule has 17 heavy (non-hydrogen) atoms. The molecule has 0 radical (unpaired) electrons. The van der Waals surface area contributed by atoms with Gasteiger partial charge in [0, 0.05) is 43.8 Å². The average Bonchev–Trinajstić information content (AvgIpc) is 2.62. The summed E-state index contributed by atoms with van der Waals surface area (Å²) < 4.78 is 1.91. The van der Waals surface area contributed by atoms with Gasteiger partial charge in [0.25, 0.3) is 0 Å². The second-order valence-electron chi connectivity index (χ2n) is 4.41. The molecule has 2 rings (SSSR count). The van der Waals surface area contributed by atoms with Crippen LogP contribution in [0.4, 0.5) is 0 Å². The Morgan fingerprint density at radius 1 is 1.24 bits per heavy atom. The van der Waals surface area contributed by atoms with E-state index in [0.29, 0.717) is 0 Å². The first-order valence-electron chi connectivity index (χ1n) is 5.71. The van der Waals surface area contributed by atoms with Gasteiger partial charge in [-0.15, -0.1) is 0 Å². The fraction of sp³-hybridized carbons (Fsp3) is 0.385. The minimum Gasteiger partial charge on any atom is -0.298 e. The van der Waals surface area contributed by atoms with Gasteiger partial charge in [0.1, 0.15) is 0 Å². The van der Waals surface area contributed by atoms with Gasteiger partial charge in [-0.05, 0) is 31.7 Å². The largest absolute Gasteiger partial charge is 0.298 e. The highest BCUT2D eigenvalue weighted by Gasteiger charge is 2.07. The van der Waals surface area contributed by atoms with Gasteiger partial charge in [0.2, 0.25) is 0 Å². The summed E-state index contributed by atoms with van der Waals surface area (Å²) in [6.45, 7) is 3.95. The topological polar surface area (TPSA) is 34.0 Å². The van der Waals surface area contributed by atoms with Gasteiger partial charge in [-0.3, -0.25) is 14.6 Å². The van der Waals surface area contributed by atoms with Gasteiger partial charge in [-0.2, -0.15) is 5.10 Å². The molecule has 0 N–H and O–H groups in total. The maximum atomic E-state index is 4.26. The Balaban J connectivity index is 1.98. The van der Waals surface area contributed by atoms with Crippen molar-refractivity contribution in [2.24, 2.45) is 7.05 Å². The monoisotopic (exact) mass is 230 g/mol. The van der Waals surface area contributed by atoms with Gasteiger partial charge in [0.05, 0.1) is 6.20 Å². The zero-order valence-corrected chi connectivity index (χ0v) is 10.6. The van der Waals surface area contributed by atoms with Crippen LogP contribution in [0.25, 0.3) is 0 Å². The quantitative estimate of drug-likeness (QED) is 0.802. The third kappa shape index (κ3) is 2.91. The first-order valence-corrected chi connectivity index (χ1v) is 5.71. The molecule has 0 saturated heterocycles. The van der Waals surface area contributed by atoms with E-state index in [1.165, 1.54) is 16.8 Å². The predicted molar refractivity (Wildman–Crippen MR) is 67.4 cm³/mol. The van der Waals surface area contributed by atoms with Crippen LogP contribution in [0.15, 0.2) is 30.7 Å². The van der Waals surface area contributed by atoms with Gasteiger partial charge in [-0.1, -0.05) is 0 Å². The van der Waals surface area contributed by atoms with Crippen LogP contribution in [0, 0.1) is 6.92 Å². The summed E-state index contributed by atoms with van der Waals surface area (Å²) in [5, 5.41) is 4.26. The van der Waals surface area contributed by atoms with Crippen molar-refractivity contribution in [3.8, 4) is 0 Å². The molecule has 0 fully saturated rings. The summed E-state index contributed by atoms with van der Waals surface area (Å²) >= 11 is 0. The Labute approximate surface area is 102 Å². The highest BCUT2D eigenvalue weighted by atomic mass is 15.3. The lowest BCUT2D eigenvalue weighted by atomic mass is 10.2. The summed E-state index contributed by atoms with van der Waals surface area (Å²) in [5.41, 5.74) is 3.79. The summed E-state index contributed by atoms with van der Waals surface area (Å²) in [4.78, 5) is 6.30. The zero-order chi connectivity index (χ0) is 12.3. The molecule has 0 aromatic carbocycles. The van der Waals surface area contributed by atoms with Crippen LogP contribution in [0.2, 0.25) is 0 Å². The summed E-state index contributed by atoms with van der Waals surface area (Å²) in [5.74, 6) is 0. The minimum absolute atomic E-state index is 0.919. The van der Waals surface area contributed by atoms with E-state index >= 15 is 0 Å². The van der Waals surface area contributed by atoms with Crippen LogP contribution in [-0.2, 0) is 20.1 Å². The van der Waals surface area contributed by atoms with Crippen molar-refractivity contribution in [3.05, 3.63) is 47.5 Å². The first-order chi connectivity index (χ1) is 8.16. The number of aromatic nitrogens is 3. The number of nitrogens with zero attached hydrogens (tertiary/aromatic N) is 4. The van der Waals surface area contributed by atoms with E-state index in [0.717, 1.165) is 13.1 Å². The zero-order valence-electron chi connectivity index (χ0n) is 10.6. The van der Waals surface area contributed by atoms with Crippen LogP contribution in [-0.4, -0.2) is 26.7 Å². The smallest absolute Gasteiger partial charge is 0.0537 e. The van der Waals surface area contributed by atoms with Gasteiger partial charge >= 0.3 is 0 Å². The van der Waals surface area contributed by atoms with E-state index in [4.69, 9.17) is 0 Å². The molecule has 0 saturated carbocycles. The molecule has 0 atom stereocenters. The minimum atomic E-state index is 0.919. The second-order valence-corrected chi connectivity index (χ2v) is 4.41. The standard InChI is InChI=1S/C13H18N4/c1-11-13(8-15-17(11)3)10-16(2)9-12-4-6-14-7-5-12/h4-8H,9-10H2,1-3H3. The van der Waals surface area contributed by atoms with E-state index in [1.807, 2.05) is 42.5 Å².